The number of nitrogens with one attached hydrogen (secondary N) is 2. The molecular weight excluding hydrogens is 330 g/mol. The van der Waals surface area contributed by atoms with Crippen LogP contribution in [0.3, 0.4) is 0 Å². The predicted octanol–water partition coefficient (Wildman–Crippen LogP) is 2.60. The number of hydrogen-bond acceptors (Lipinski definition) is 4. The molecule has 7 heteroatoms. The van der Waals surface area contributed by atoms with E-state index in [4.69, 9.17) is 4.74 Å². The molecule has 1 saturated carbocycles. The molecule has 0 bridgehead atoms. The van der Waals surface area contributed by atoms with E-state index < -0.39 is 36.7 Å². The lowest BCUT2D eigenvalue weighted by atomic mass is 10.1. The maximum Gasteiger partial charge on any atom is 0.262 e. The average molecular weight is 352 g/mol. The Morgan fingerprint density at radius 2 is 2.04 bits per heavy atom. The third-order valence-electron chi connectivity index (χ3n) is 4.32. The molecule has 5 nitrogen and oxygen atoms in total. The molecule has 1 aromatic carbocycles. The Labute approximate surface area is 145 Å². The van der Waals surface area contributed by atoms with Crippen LogP contribution in [0.15, 0.2) is 18.2 Å². The highest BCUT2D eigenvalue weighted by Gasteiger charge is 2.42. The molecule has 0 spiro atoms. The van der Waals surface area contributed by atoms with Crippen LogP contribution in [0.5, 0.6) is 5.75 Å². The standard InChI is InChI=1S/C18H22F2N2O3/c1-10(2)25-15-7-12(5-6-13(15)11-3-4-11)16(23)22-17(24)14-8-18(19,20)9-21-14/h5-7,10-11,14,21H,3-4,8-9H2,1-2H3,(H,22,23,24)/t14-/m0/s1. The van der Waals surface area contributed by atoms with Crippen LogP contribution >= 0.6 is 0 Å². The Morgan fingerprint density at radius 1 is 1.32 bits per heavy atom. The highest BCUT2D eigenvalue weighted by atomic mass is 19.3. The molecule has 1 aliphatic heterocycles. The zero-order chi connectivity index (χ0) is 18.2. The Morgan fingerprint density at radius 3 is 2.60 bits per heavy atom. The summed E-state index contributed by atoms with van der Waals surface area (Å²) < 4.78 is 32.1. The summed E-state index contributed by atoms with van der Waals surface area (Å²) in [6.45, 7) is 3.25. The Kier molecular flexibility index (Phi) is 4.77. The first-order valence-electron chi connectivity index (χ1n) is 8.52. The summed E-state index contributed by atoms with van der Waals surface area (Å²) in [5, 5.41) is 4.63. The third-order valence-corrected chi connectivity index (χ3v) is 4.32. The van der Waals surface area contributed by atoms with Crippen molar-refractivity contribution in [1.82, 2.24) is 10.6 Å². The van der Waals surface area contributed by atoms with Gasteiger partial charge in [0.05, 0.1) is 18.7 Å². The highest BCUT2D eigenvalue weighted by molar-refractivity contribution is 6.06. The van der Waals surface area contributed by atoms with Gasteiger partial charge in [-0.2, -0.15) is 0 Å². The number of amides is 2. The Hall–Kier alpha value is -2.02. The number of carbonyl (C=O) groups excluding carboxylic acids is 2. The largest absolute Gasteiger partial charge is 0.491 e. The minimum Gasteiger partial charge on any atom is -0.491 e. The molecule has 2 amide bonds. The van der Waals surface area contributed by atoms with Crippen molar-refractivity contribution in [2.75, 3.05) is 6.54 Å². The van der Waals surface area contributed by atoms with Gasteiger partial charge in [0.1, 0.15) is 5.75 Å². The summed E-state index contributed by atoms with van der Waals surface area (Å²) in [4.78, 5) is 24.3. The average Bonchev–Trinajstić information content (AvgIpc) is 3.29. The number of hydrogen-bond donors (Lipinski definition) is 2. The molecule has 2 N–H and O–H groups in total. The topological polar surface area (TPSA) is 67.4 Å². The lowest BCUT2D eigenvalue weighted by molar-refractivity contribution is -0.122. The molecular formula is C18H22F2N2O3. The van der Waals surface area contributed by atoms with Crippen molar-refractivity contribution in [2.24, 2.45) is 0 Å². The number of halogens is 2. The minimum absolute atomic E-state index is 0.0395. The van der Waals surface area contributed by atoms with Crippen LogP contribution in [0.1, 0.15) is 54.9 Å². The summed E-state index contributed by atoms with van der Waals surface area (Å²) in [6.07, 6.45) is 1.55. The molecule has 3 rings (SSSR count). The normalized spacial score (nSPS) is 22.0. The second kappa shape index (κ2) is 6.71. The van der Waals surface area contributed by atoms with Gasteiger partial charge in [-0.05, 0) is 50.3 Å². The van der Waals surface area contributed by atoms with E-state index in [1.165, 1.54) is 0 Å². The number of rotatable bonds is 5. The first-order valence-corrected chi connectivity index (χ1v) is 8.52. The van der Waals surface area contributed by atoms with Crippen molar-refractivity contribution >= 4 is 11.8 Å². The van der Waals surface area contributed by atoms with E-state index in [-0.39, 0.29) is 11.7 Å². The first kappa shape index (κ1) is 17.8. The monoisotopic (exact) mass is 352 g/mol. The summed E-state index contributed by atoms with van der Waals surface area (Å²) in [5.41, 5.74) is 1.34. The van der Waals surface area contributed by atoms with Crippen LogP contribution in [0.4, 0.5) is 8.78 Å². The van der Waals surface area contributed by atoms with Gasteiger partial charge in [-0.3, -0.25) is 20.2 Å². The van der Waals surface area contributed by atoms with Gasteiger partial charge >= 0.3 is 0 Å². The number of carbonyl (C=O) groups is 2. The fraction of sp³-hybridized carbons (Fsp3) is 0.556. The van der Waals surface area contributed by atoms with E-state index in [1.54, 1.807) is 12.1 Å². The fourth-order valence-corrected chi connectivity index (χ4v) is 2.94. The van der Waals surface area contributed by atoms with Gasteiger partial charge < -0.3 is 4.74 Å². The lowest BCUT2D eigenvalue weighted by Gasteiger charge is -2.16. The first-order chi connectivity index (χ1) is 11.7. The summed E-state index contributed by atoms with van der Waals surface area (Å²) >= 11 is 0. The van der Waals surface area contributed by atoms with Crippen molar-refractivity contribution in [2.45, 2.75) is 57.1 Å². The highest BCUT2D eigenvalue weighted by Crippen LogP contribution is 2.44. The molecule has 1 atom stereocenters. The van der Waals surface area contributed by atoms with E-state index in [0.717, 1.165) is 18.4 Å². The molecule has 136 valence electrons. The molecule has 25 heavy (non-hydrogen) atoms. The van der Waals surface area contributed by atoms with E-state index in [9.17, 15) is 18.4 Å². The second-order valence-corrected chi connectivity index (χ2v) is 7.01. The molecule has 1 heterocycles. The minimum atomic E-state index is -2.92. The quantitative estimate of drug-likeness (QED) is 0.800. The lowest BCUT2D eigenvalue weighted by Crippen LogP contribution is -2.43. The number of imide groups is 1. The second-order valence-electron chi connectivity index (χ2n) is 7.01. The van der Waals surface area contributed by atoms with Crippen LogP contribution in [0.25, 0.3) is 0 Å². The third kappa shape index (κ3) is 4.34. The van der Waals surface area contributed by atoms with E-state index >= 15 is 0 Å². The maximum absolute atomic E-state index is 13.2. The summed E-state index contributed by atoms with van der Waals surface area (Å²) in [6, 6.07) is 4.04. The van der Waals surface area contributed by atoms with Crippen LogP contribution < -0.4 is 15.4 Å². The number of alkyl halides is 2. The zero-order valence-corrected chi connectivity index (χ0v) is 14.3. The molecule has 2 aliphatic rings. The molecule has 0 radical (unpaired) electrons. The molecule has 0 unspecified atom stereocenters. The van der Waals surface area contributed by atoms with Crippen molar-refractivity contribution in [3.8, 4) is 5.75 Å². The smallest absolute Gasteiger partial charge is 0.262 e. The van der Waals surface area contributed by atoms with Gasteiger partial charge in [0, 0.05) is 12.0 Å². The molecule has 0 aromatic heterocycles. The van der Waals surface area contributed by atoms with Gasteiger partial charge in [0.25, 0.3) is 11.8 Å². The predicted molar refractivity (Wildman–Crippen MR) is 88.0 cm³/mol. The fourth-order valence-electron chi connectivity index (χ4n) is 2.94. The molecule has 1 saturated heterocycles. The summed E-state index contributed by atoms with van der Waals surface area (Å²) in [7, 11) is 0. The van der Waals surface area contributed by atoms with Crippen LogP contribution in [-0.4, -0.2) is 36.4 Å². The Balaban J connectivity index is 1.70. The van der Waals surface area contributed by atoms with Crippen molar-refractivity contribution in [3.05, 3.63) is 29.3 Å². The van der Waals surface area contributed by atoms with Crippen LogP contribution in [-0.2, 0) is 4.79 Å². The van der Waals surface area contributed by atoms with Crippen LogP contribution in [0.2, 0.25) is 0 Å². The van der Waals surface area contributed by atoms with Crippen molar-refractivity contribution < 1.29 is 23.1 Å². The maximum atomic E-state index is 13.2. The summed E-state index contributed by atoms with van der Waals surface area (Å²) in [5.74, 6) is -3.17. The van der Waals surface area contributed by atoms with Gasteiger partial charge in [-0.15, -0.1) is 0 Å². The molecule has 2 fully saturated rings. The van der Waals surface area contributed by atoms with E-state index in [1.807, 2.05) is 19.9 Å². The van der Waals surface area contributed by atoms with Gasteiger partial charge in [0.2, 0.25) is 5.91 Å². The van der Waals surface area contributed by atoms with Gasteiger partial charge in [-0.1, -0.05) is 6.07 Å². The van der Waals surface area contributed by atoms with Gasteiger partial charge in [0.15, 0.2) is 0 Å². The SMILES string of the molecule is CC(C)Oc1cc(C(=O)NC(=O)[C@@H]2CC(F)(F)CN2)ccc1C1CC1. The molecule has 1 aromatic rings. The molecule has 1 aliphatic carbocycles. The van der Waals surface area contributed by atoms with Crippen molar-refractivity contribution in [3.63, 3.8) is 0 Å². The Bertz CT molecular complexity index is 687. The number of ether oxygens (including phenoxy) is 1. The van der Waals surface area contributed by atoms with Crippen molar-refractivity contribution in [1.29, 1.82) is 0 Å². The number of benzene rings is 1. The van der Waals surface area contributed by atoms with E-state index in [2.05, 4.69) is 10.6 Å². The van der Waals surface area contributed by atoms with E-state index in [0.29, 0.717) is 11.7 Å². The zero-order valence-electron chi connectivity index (χ0n) is 14.3. The van der Waals surface area contributed by atoms with Gasteiger partial charge in [-0.25, -0.2) is 8.78 Å². The van der Waals surface area contributed by atoms with Crippen LogP contribution in [0, 0.1) is 0 Å².